The Morgan fingerprint density at radius 2 is 2.00 bits per heavy atom. The molecule has 0 heterocycles. The Balaban J connectivity index is 2.45. The van der Waals surface area contributed by atoms with E-state index in [2.05, 4.69) is 11.4 Å². The first kappa shape index (κ1) is 19.6. The van der Waals surface area contributed by atoms with E-state index in [9.17, 15) is 10.1 Å². The third-order valence-electron chi connectivity index (χ3n) is 3.89. The second kappa shape index (κ2) is 9.00. The number of hydrogen-bond acceptors (Lipinski definition) is 3. The van der Waals surface area contributed by atoms with Crippen LogP contribution in [0.15, 0.2) is 12.1 Å². The molecule has 4 nitrogen and oxygen atoms in total. The minimum atomic E-state index is -0.769. The van der Waals surface area contributed by atoms with Crippen LogP contribution in [0.25, 0.3) is 0 Å². The van der Waals surface area contributed by atoms with Crippen LogP contribution in [-0.4, -0.2) is 18.1 Å². The Kier molecular flexibility index (Phi) is 7.67. The highest BCUT2D eigenvalue weighted by atomic mass is 35.5. The molecule has 0 saturated carbocycles. The van der Waals surface area contributed by atoms with Crippen LogP contribution in [0.3, 0.4) is 0 Å². The van der Waals surface area contributed by atoms with Crippen molar-refractivity contribution in [2.45, 2.75) is 52.0 Å². The maximum Gasteiger partial charge on any atom is 0.221 e. The van der Waals surface area contributed by atoms with Gasteiger partial charge in [-0.05, 0) is 43.9 Å². The van der Waals surface area contributed by atoms with Crippen LogP contribution >= 0.6 is 23.2 Å². The second-order valence-electron chi connectivity index (χ2n) is 5.39. The van der Waals surface area contributed by atoms with Gasteiger partial charge in [-0.3, -0.25) is 4.79 Å². The van der Waals surface area contributed by atoms with Crippen molar-refractivity contribution in [3.63, 3.8) is 0 Å². The van der Waals surface area contributed by atoms with Gasteiger partial charge in [0.25, 0.3) is 0 Å². The topological polar surface area (TPSA) is 62.1 Å². The van der Waals surface area contributed by atoms with Gasteiger partial charge < -0.3 is 10.1 Å². The van der Waals surface area contributed by atoms with Crippen LogP contribution in [0.4, 0.5) is 0 Å². The van der Waals surface area contributed by atoms with Crippen molar-refractivity contribution in [2.24, 2.45) is 0 Å². The summed E-state index contributed by atoms with van der Waals surface area (Å²) in [5, 5.41) is 13.1. The Morgan fingerprint density at radius 1 is 1.35 bits per heavy atom. The third kappa shape index (κ3) is 5.30. The molecule has 0 aromatic heterocycles. The minimum absolute atomic E-state index is 0.141. The third-order valence-corrected chi connectivity index (χ3v) is 4.77. The normalized spacial score (nSPS) is 11.0. The van der Waals surface area contributed by atoms with Gasteiger partial charge in [-0.15, -0.1) is 0 Å². The molecule has 0 radical (unpaired) electrons. The Labute approximate surface area is 147 Å². The number of amides is 1. The lowest BCUT2D eigenvalue weighted by Crippen LogP contribution is -2.46. The number of hydrogen-bond donors (Lipinski definition) is 1. The molecule has 1 aromatic carbocycles. The average molecular weight is 357 g/mol. The predicted octanol–water partition coefficient (Wildman–Crippen LogP) is 4.66. The summed E-state index contributed by atoms with van der Waals surface area (Å²) in [5.41, 5.74) is 0.00224. The van der Waals surface area contributed by atoms with Crippen molar-refractivity contribution in [2.75, 3.05) is 6.61 Å². The van der Waals surface area contributed by atoms with Gasteiger partial charge in [0.2, 0.25) is 5.91 Å². The summed E-state index contributed by atoms with van der Waals surface area (Å²) in [7, 11) is 0. The number of rotatable bonds is 8. The number of ether oxygens (including phenoxy) is 1. The van der Waals surface area contributed by atoms with E-state index in [0.717, 1.165) is 5.56 Å². The van der Waals surface area contributed by atoms with Gasteiger partial charge in [-0.25, -0.2) is 0 Å². The molecule has 0 saturated heterocycles. The standard InChI is InChI=1S/C17H22Cl2N2O2/c1-4-17(5-2,11-20)21-15(22)7-6-10-23-14-9-8-13(18)12(3)16(14)19/h8-9H,4-7,10H2,1-3H3,(H,21,22). The van der Waals surface area contributed by atoms with Crippen molar-refractivity contribution in [1.82, 2.24) is 5.32 Å². The summed E-state index contributed by atoms with van der Waals surface area (Å²) in [6, 6.07) is 5.63. The van der Waals surface area contributed by atoms with Gasteiger partial charge in [0.1, 0.15) is 11.3 Å². The fourth-order valence-electron chi connectivity index (χ4n) is 2.11. The molecule has 1 rings (SSSR count). The molecule has 1 aromatic rings. The highest BCUT2D eigenvalue weighted by Crippen LogP contribution is 2.32. The summed E-state index contributed by atoms with van der Waals surface area (Å²) >= 11 is 12.1. The Hall–Kier alpha value is -1.44. The molecular formula is C17H22Cl2N2O2. The van der Waals surface area contributed by atoms with Gasteiger partial charge >= 0.3 is 0 Å². The molecule has 126 valence electrons. The molecule has 0 spiro atoms. The van der Waals surface area contributed by atoms with Crippen LogP contribution in [0.1, 0.15) is 45.1 Å². The summed E-state index contributed by atoms with van der Waals surface area (Å²) in [5.74, 6) is 0.416. The first-order valence-electron chi connectivity index (χ1n) is 7.68. The van der Waals surface area contributed by atoms with Gasteiger partial charge in [-0.2, -0.15) is 5.26 Å². The van der Waals surface area contributed by atoms with E-state index in [-0.39, 0.29) is 5.91 Å². The number of nitriles is 1. The predicted molar refractivity (Wildman–Crippen MR) is 93.0 cm³/mol. The summed E-state index contributed by atoms with van der Waals surface area (Å²) < 4.78 is 5.60. The summed E-state index contributed by atoms with van der Waals surface area (Å²) in [4.78, 5) is 12.0. The van der Waals surface area contributed by atoms with Crippen molar-refractivity contribution >= 4 is 29.1 Å². The summed E-state index contributed by atoms with van der Waals surface area (Å²) in [6.45, 7) is 5.97. The van der Waals surface area contributed by atoms with Crippen molar-refractivity contribution < 1.29 is 9.53 Å². The molecular weight excluding hydrogens is 335 g/mol. The van der Waals surface area contributed by atoms with Gasteiger partial charge in [0.05, 0.1) is 17.7 Å². The lowest BCUT2D eigenvalue weighted by molar-refractivity contribution is -0.122. The number of nitrogens with zero attached hydrogens (tertiary/aromatic N) is 1. The molecule has 0 unspecified atom stereocenters. The average Bonchev–Trinajstić information content (AvgIpc) is 2.56. The fourth-order valence-corrected chi connectivity index (χ4v) is 2.53. The minimum Gasteiger partial charge on any atom is -0.492 e. The number of carbonyl (C=O) groups excluding carboxylic acids is 1. The highest BCUT2D eigenvalue weighted by Gasteiger charge is 2.27. The zero-order valence-electron chi connectivity index (χ0n) is 13.7. The molecule has 6 heteroatoms. The lowest BCUT2D eigenvalue weighted by Gasteiger charge is -2.24. The van der Waals surface area contributed by atoms with Crippen molar-refractivity contribution in [3.8, 4) is 11.8 Å². The molecule has 0 aliphatic heterocycles. The number of nitrogens with one attached hydrogen (secondary N) is 1. The van der Waals surface area contributed by atoms with Crippen LogP contribution in [-0.2, 0) is 4.79 Å². The number of carbonyl (C=O) groups is 1. The van der Waals surface area contributed by atoms with E-state index in [1.165, 1.54) is 0 Å². The Morgan fingerprint density at radius 3 is 2.57 bits per heavy atom. The van der Waals surface area contributed by atoms with Crippen molar-refractivity contribution in [1.29, 1.82) is 5.26 Å². The zero-order valence-corrected chi connectivity index (χ0v) is 15.2. The first-order chi connectivity index (χ1) is 10.9. The van der Waals surface area contributed by atoms with Gasteiger partial charge in [-0.1, -0.05) is 37.0 Å². The largest absolute Gasteiger partial charge is 0.492 e. The molecule has 23 heavy (non-hydrogen) atoms. The highest BCUT2D eigenvalue weighted by molar-refractivity contribution is 6.36. The maximum atomic E-state index is 12.0. The zero-order chi connectivity index (χ0) is 17.5. The van der Waals surface area contributed by atoms with E-state index < -0.39 is 5.54 Å². The summed E-state index contributed by atoms with van der Waals surface area (Å²) in [6.07, 6.45) is 2.01. The van der Waals surface area contributed by atoms with Gasteiger partial charge in [0, 0.05) is 11.4 Å². The molecule has 0 bridgehead atoms. The quantitative estimate of drug-likeness (QED) is 0.689. The van der Waals surface area contributed by atoms with E-state index in [1.807, 2.05) is 20.8 Å². The molecule has 0 aliphatic carbocycles. The molecule has 0 atom stereocenters. The maximum absolute atomic E-state index is 12.0. The molecule has 1 N–H and O–H groups in total. The monoisotopic (exact) mass is 356 g/mol. The van der Waals surface area contributed by atoms with Gasteiger partial charge in [0.15, 0.2) is 0 Å². The van der Waals surface area contributed by atoms with Crippen LogP contribution < -0.4 is 10.1 Å². The van der Waals surface area contributed by atoms with Crippen LogP contribution in [0.5, 0.6) is 5.75 Å². The molecule has 1 amide bonds. The smallest absolute Gasteiger partial charge is 0.221 e. The van der Waals surface area contributed by atoms with E-state index >= 15 is 0 Å². The van der Waals surface area contributed by atoms with E-state index in [0.29, 0.717) is 48.1 Å². The Bertz CT molecular complexity index is 593. The van der Waals surface area contributed by atoms with E-state index in [1.54, 1.807) is 12.1 Å². The number of halogens is 2. The second-order valence-corrected chi connectivity index (χ2v) is 6.17. The van der Waals surface area contributed by atoms with E-state index in [4.69, 9.17) is 27.9 Å². The van der Waals surface area contributed by atoms with Crippen LogP contribution in [0, 0.1) is 18.3 Å². The number of benzene rings is 1. The van der Waals surface area contributed by atoms with Crippen LogP contribution in [0.2, 0.25) is 10.0 Å². The SMILES string of the molecule is CCC(C#N)(CC)NC(=O)CCCOc1ccc(Cl)c(C)c1Cl. The fraction of sp³-hybridized carbons (Fsp3) is 0.529. The van der Waals surface area contributed by atoms with Crippen molar-refractivity contribution in [3.05, 3.63) is 27.7 Å². The molecule has 0 aliphatic rings. The lowest BCUT2D eigenvalue weighted by atomic mass is 9.94. The first-order valence-corrected chi connectivity index (χ1v) is 8.44. The molecule has 0 fully saturated rings.